The van der Waals surface area contributed by atoms with Gasteiger partial charge in [-0.15, -0.1) is 30.3 Å². The van der Waals surface area contributed by atoms with E-state index in [2.05, 4.69) is 0 Å². The molecule has 0 heterocycles. The van der Waals surface area contributed by atoms with E-state index in [1.54, 1.807) is 0 Å². The minimum absolute atomic E-state index is 0. The van der Waals surface area contributed by atoms with Crippen LogP contribution >= 0.6 is 0 Å². The van der Waals surface area contributed by atoms with Gasteiger partial charge in [0.05, 0.1) is 0 Å². The monoisotopic (exact) mass is 420 g/mol. The van der Waals surface area contributed by atoms with Crippen LogP contribution in [-0.2, 0) is 0 Å². The number of rotatable bonds is 0. The van der Waals surface area contributed by atoms with Gasteiger partial charge >= 0.3 is 0 Å². The smallest absolute Gasteiger partial charge is 0.291 e. The fourth-order valence-electron chi connectivity index (χ4n) is 0. The summed E-state index contributed by atoms with van der Waals surface area (Å²) in [4.78, 5) is 25.1. The normalized spacial score (nSPS) is 4.00. The van der Waals surface area contributed by atoms with Crippen molar-refractivity contribution < 1.29 is 99.6 Å². The van der Waals surface area contributed by atoms with Gasteiger partial charge in [-0.2, -0.15) is 0 Å². The zero-order valence-electron chi connectivity index (χ0n) is 8.21. The van der Waals surface area contributed by atoms with Crippen LogP contribution in [0.25, 0.3) is 0 Å². The first-order chi connectivity index (χ1) is 5.20. The van der Waals surface area contributed by atoms with E-state index < -0.39 is 15.3 Å². The van der Waals surface area contributed by atoms with Crippen LogP contribution in [0.1, 0.15) is 0 Å². The number of nitrogens with zero attached hydrogens (tertiary/aromatic N) is 3. The van der Waals surface area contributed by atoms with E-state index in [0.29, 0.717) is 0 Å². The zero-order valence-corrected chi connectivity index (χ0v) is 11.9. The van der Waals surface area contributed by atoms with Crippen LogP contribution in [0, 0.1) is 71.6 Å². The maximum Gasteiger partial charge on any atom is 0.291 e. The third-order valence-electron chi connectivity index (χ3n) is 0. The van der Waals surface area contributed by atoms with Gasteiger partial charge in [-0.25, -0.2) is 0 Å². The molecule has 0 fully saturated rings. The summed E-state index contributed by atoms with van der Waals surface area (Å²) in [5.74, 6) is 0. The largest absolute Gasteiger partial charge is 0.412 e. The standard InChI is InChI=1S/3HNO3.5H2O.Pr/c3*2-1(3)4;;;;;;/h3*(H,2,3,4);5*1H2;. The van der Waals surface area contributed by atoms with Crippen LogP contribution in [-0.4, -0.2) is 58.3 Å². The third kappa shape index (κ3) is 1830. The second-order valence-corrected chi connectivity index (χ2v) is 0.714. The first-order valence-corrected chi connectivity index (χ1v) is 1.70. The van der Waals surface area contributed by atoms with Gasteiger partial charge in [-0.05, 0) is 0 Å². The van der Waals surface area contributed by atoms with E-state index in [4.69, 9.17) is 46.0 Å². The van der Waals surface area contributed by atoms with Crippen LogP contribution in [0.5, 0.6) is 0 Å². The topological polar surface area (TPSA) is 348 Å². The van der Waals surface area contributed by atoms with Gasteiger partial charge in [0.25, 0.3) is 15.3 Å². The summed E-state index contributed by atoms with van der Waals surface area (Å²) in [5.41, 5.74) is 0. The van der Waals surface area contributed by atoms with Gasteiger partial charge in [0, 0.05) is 41.3 Å². The van der Waals surface area contributed by atoms with Gasteiger partial charge in [0.1, 0.15) is 0 Å². The van der Waals surface area contributed by atoms with Crippen LogP contribution in [0.3, 0.4) is 0 Å². The van der Waals surface area contributed by atoms with Crippen molar-refractivity contribution in [2.24, 2.45) is 0 Å². The summed E-state index contributed by atoms with van der Waals surface area (Å²) in [5, 5.41) is 40.9. The summed E-state index contributed by atoms with van der Waals surface area (Å²) in [6, 6.07) is 0. The molecule has 0 unspecified atom stereocenters. The van der Waals surface area contributed by atoms with Crippen LogP contribution in [0.4, 0.5) is 0 Å². The van der Waals surface area contributed by atoms with Crippen LogP contribution in [0.2, 0.25) is 0 Å². The third-order valence-corrected chi connectivity index (χ3v) is 0. The molecule has 17 nitrogen and oxygen atoms in total. The van der Waals surface area contributed by atoms with Crippen molar-refractivity contribution in [1.82, 2.24) is 0 Å². The molecule has 0 aromatic rings. The molecule has 0 atom stereocenters. The SMILES string of the molecule is O.O.O.O.O.O=[N+]([O-])O.O=[N+]([O-])O.O=[N+]([O-])O.[Pr]. The molecule has 0 amide bonds. The molecule has 115 valence electrons. The molecule has 0 saturated carbocycles. The maximum atomic E-state index is 8.36. The second kappa shape index (κ2) is 57.0. The zero-order chi connectivity index (χ0) is 10.7. The summed E-state index contributed by atoms with van der Waals surface area (Å²) >= 11 is 0. The summed E-state index contributed by atoms with van der Waals surface area (Å²) in [6.07, 6.45) is 0. The van der Waals surface area contributed by atoms with E-state index in [1.807, 2.05) is 0 Å². The molecule has 0 aliphatic rings. The van der Waals surface area contributed by atoms with Gasteiger partial charge in [0.2, 0.25) is 0 Å². The molecule has 18 heteroatoms. The van der Waals surface area contributed by atoms with E-state index in [1.165, 1.54) is 0 Å². The maximum absolute atomic E-state index is 8.36. The van der Waals surface area contributed by atoms with Gasteiger partial charge in [-0.3, -0.25) is 0 Å². The van der Waals surface area contributed by atoms with Crippen molar-refractivity contribution in [3.8, 4) is 0 Å². The Morgan fingerprint density at radius 1 is 0.556 bits per heavy atom. The summed E-state index contributed by atoms with van der Waals surface area (Å²) in [6.45, 7) is 0. The Labute approximate surface area is 129 Å². The molecule has 0 aromatic heterocycles. The molecular weight excluding hydrogens is 407 g/mol. The van der Waals surface area contributed by atoms with E-state index in [0.717, 1.165) is 0 Å². The molecule has 0 aromatic carbocycles. The molecule has 0 rings (SSSR count). The van der Waals surface area contributed by atoms with Gasteiger partial charge in [-0.1, -0.05) is 0 Å². The van der Waals surface area contributed by atoms with Crippen molar-refractivity contribution >= 4 is 0 Å². The number of hydrogen-bond donors (Lipinski definition) is 3. The van der Waals surface area contributed by atoms with Crippen molar-refractivity contribution in [1.29, 1.82) is 0 Å². The molecule has 0 aliphatic heterocycles. The second-order valence-electron chi connectivity index (χ2n) is 0.714. The van der Waals surface area contributed by atoms with Crippen molar-refractivity contribution in [3.63, 3.8) is 0 Å². The number of hydrogen-bond acceptors (Lipinski definition) is 6. The fourth-order valence-corrected chi connectivity index (χ4v) is 0. The molecule has 0 saturated heterocycles. The average molecular weight is 420 g/mol. The molecule has 0 aliphatic carbocycles. The Morgan fingerprint density at radius 2 is 0.556 bits per heavy atom. The van der Waals surface area contributed by atoms with Crippen molar-refractivity contribution in [2.75, 3.05) is 0 Å². The Bertz CT molecular complexity index is 115. The predicted molar refractivity (Wildman–Crippen MR) is 44.4 cm³/mol. The Morgan fingerprint density at radius 3 is 0.556 bits per heavy atom. The van der Waals surface area contributed by atoms with E-state index in [-0.39, 0.29) is 68.7 Å². The van der Waals surface area contributed by atoms with Crippen LogP contribution < -0.4 is 0 Å². The van der Waals surface area contributed by atoms with Gasteiger partial charge < -0.3 is 43.0 Å². The minimum atomic E-state index is -1.50. The Kier molecular flexibility index (Phi) is 219. The van der Waals surface area contributed by atoms with E-state index in [9.17, 15) is 0 Å². The molecule has 1 radical (unpaired) electrons. The summed E-state index contributed by atoms with van der Waals surface area (Å²) < 4.78 is 0. The Balaban J connectivity index is -0.00000000827. The summed E-state index contributed by atoms with van der Waals surface area (Å²) in [7, 11) is 0. The molecular formula is H13N3O14Pr. The molecule has 18 heavy (non-hydrogen) atoms. The van der Waals surface area contributed by atoms with Crippen LogP contribution in [0.15, 0.2) is 0 Å². The van der Waals surface area contributed by atoms with Crippen molar-refractivity contribution in [3.05, 3.63) is 30.3 Å². The first kappa shape index (κ1) is 69.1. The van der Waals surface area contributed by atoms with Gasteiger partial charge in [0.15, 0.2) is 0 Å². The molecule has 13 N–H and O–H groups in total. The fraction of sp³-hybridized carbons (Fsp3) is 0. The molecule has 0 bridgehead atoms. The van der Waals surface area contributed by atoms with Crippen molar-refractivity contribution in [2.45, 2.75) is 0 Å². The Hall–Kier alpha value is -1.24. The quantitative estimate of drug-likeness (QED) is 0.248. The first-order valence-electron chi connectivity index (χ1n) is 1.70. The molecule has 0 spiro atoms. The predicted octanol–water partition coefficient (Wildman–Crippen LogP) is -5.17. The average Bonchev–Trinajstić information content (AvgIpc) is 1.54. The van der Waals surface area contributed by atoms with E-state index >= 15 is 0 Å². The minimum Gasteiger partial charge on any atom is -0.412 e.